The van der Waals surface area contributed by atoms with Crippen LogP contribution in [0.1, 0.15) is 5.56 Å². The predicted octanol–water partition coefficient (Wildman–Crippen LogP) is 5.37. The molecule has 0 aliphatic heterocycles. The Bertz CT molecular complexity index is 952. The van der Waals surface area contributed by atoms with E-state index in [9.17, 15) is 0 Å². The van der Waals surface area contributed by atoms with Crippen LogP contribution in [-0.2, 0) is 6.54 Å². The fourth-order valence-corrected chi connectivity index (χ4v) is 3.14. The highest BCUT2D eigenvalue weighted by molar-refractivity contribution is 5.87. The van der Waals surface area contributed by atoms with Gasteiger partial charge in [-0.2, -0.15) is 0 Å². The highest BCUT2D eigenvalue weighted by Gasteiger charge is 2.10. The summed E-state index contributed by atoms with van der Waals surface area (Å²) < 4.78 is 7.64. The smallest absolute Gasteiger partial charge is 0.118 e. The average Bonchev–Trinajstić information content (AvgIpc) is 3.02. The minimum atomic E-state index is 0.835. The fraction of sp³-hybridized carbons (Fsp3) is 0.0909. The Labute approximate surface area is 141 Å². The number of nitrogens with zero attached hydrogens (tertiary/aromatic N) is 1. The molecule has 0 aliphatic rings. The molecule has 0 fully saturated rings. The fourth-order valence-electron chi connectivity index (χ4n) is 3.14. The molecule has 1 aromatic heterocycles. The van der Waals surface area contributed by atoms with E-state index in [0.29, 0.717) is 0 Å². The molecule has 1 heterocycles. The molecule has 0 aliphatic carbocycles. The van der Waals surface area contributed by atoms with Crippen molar-refractivity contribution in [3.8, 4) is 17.0 Å². The van der Waals surface area contributed by atoms with Gasteiger partial charge in [0, 0.05) is 23.1 Å². The van der Waals surface area contributed by atoms with Crippen LogP contribution in [0.5, 0.6) is 5.75 Å². The van der Waals surface area contributed by atoms with Crippen molar-refractivity contribution in [3.63, 3.8) is 0 Å². The van der Waals surface area contributed by atoms with Crippen molar-refractivity contribution in [1.82, 2.24) is 4.57 Å². The van der Waals surface area contributed by atoms with E-state index in [4.69, 9.17) is 4.74 Å². The molecule has 3 aromatic carbocycles. The molecule has 4 aromatic rings. The monoisotopic (exact) mass is 313 g/mol. The van der Waals surface area contributed by atoms with Crippen LogP contribution in [-0.4, -0.2) is 11.7 Å². The van der Waals surface area contributed by atoms with Crippen LogP contribution in [0, 0.1) is 0 Å². The van der Waals surface area contributed by atoms with E-state index in [1.54, 1.807) is 7.11 Å². The summed E-state index contributed by atoms with van der Waals surface area (Å²) in [6, 6.07) is 29.7. The zero-order valence-corrected chi connectivity index (χ0v) is 13.6. The van der Waals surface area contributed by atoms with Gasteiger partial charge in [-0.05, 0) is 35.4 Å². The Kier molecular flexibility index (Phi) is 3.80. The van der Waals surface area contributed by atoms with Gasteiger partial charge in [0.05, 0.1) is 7.11 Å². The zero-order chi connectivity index (χ0) is 16.4. The summed E-state index contributed by atoms with van der Waals surface area (Å²) in [4.78, 5) is 0. The third kappa shape index (κ3) is 2.67. The van der Waals surface area contributed by atoms with E-state index in [-0.39, 0.29) is 0 Å². The molecule has 2 heteroatoms. The van der Waals surface area contributed by atoms with Gasteiger partial charge in [-0.15, -0.1) is 0 Å². The summed E-state index contributed by atoms with van der Waals surface area (Å²) in [5, 5.41) is 1.27. The van der Waals surface area contributed by atoms with Crippen molar-refractivity contribution in [3.05, 3.63) is 90.5 Å². The number of benzene rings is 3. The molecular formula is C22H19NO. The summed E-state index contributed by atoms with van der Waals surface area (Å²) in [5.74, 6) is 0.888. The molecule has 0 saturated carbocycles. The van der Waals surface area contributed by atoms with E-state index in [0.717, 1.165) is 12.3 Å². The summed E-state index contributed by atoms with van der Waals surface area (Å²) in [6.45, 7) is 0.835. The third-order valence-electron chi connectivity index (χ3n) is 4.38. The molecule has 0 spiro atoms. The van der Waals surface area contributed by atoms with E-state index in [1.807, 2.05) is 12.1 Å². The van der Waals surface area contributed by atoms with Gasteiger partial charge in [-0.1, -0.05) is 60.7 Å². The van der Waals surface area contributed by atoms with Gasteiger partial charge in [0.2, 0.25) is 0 Å². The van der Waals surface area contributed by atoms with Crippen molar-refractivity contribution >= 4 is 10.9 Å². The second-order valence-electron chi connectivity index (χ2n) is 5.89. The second kappa shape index (κ2) is 6.25. The SMILES string of the molecule is COc1ccc(Cn2c(-c3ccccc3)cc3ccccc32)cc1. The van der Waals surface area contributed by atoms with Gasteiger partial charge in [0.1, 0.15) is 5.75 Å². The lowest BCUT2D eigenvalue weighted by atomic mass is 10.1. The number of para-hydroxylation sites is 1. The van der Waals surface area contributed by atoms with Crippen LogP contribution in [0.4, 0.5) is 0 Å². The molecule has 0 N–H and O–H groups in total. The number of methoxy groups -OCH3 is 1. The first kappa shape index (κ1) is 14.6. The first-order valence-corrected chi connectivity index (χ1v) is 8.12. The lowest BCUT2D eigenvalue weighted by Gasteiger charge is -2.12. The van der Waals surface area contributed by atoms with E-state index in [2.05, 4.69) is 77.4 Å². The van der Waals surface area contributed by atoms with Crippen molar-refractivity contribution in [2.24, 2.45) is 0 Å². The topological polar surface area (TPSA) is 14.2 Å². The van der Waals surface area contributed by atoms with Crippen LogP contribution in [0.15, 0.2) is 84.9 Å². The van der Waals surface area contributed by atoms with Gasteiger partial charge in [-0.3, -0.25) is 0 Å². The van der Waals surface area contributed by atoms with Crippen LogP contribution < -0.4 is 4.74 Å². The Balaban J connectivity index is 1.83. The number of hydrogen-bond acceptors (Lipinski definition) is 1. The molecule has 24 heavy (non-hydrogen) atoms. The maximum absolute atomic E-state index is 5.26. The molecule has 0 radical (unpaired) electrons. The van der Waals surface area contributed by atoms with Crippen LogP contribution in [0.25, 0.3) is 22.2 Å². The largest absolute Gasteiger partial charge is 0.497 e. The van der Waals surface area contributed by atoms with E-state index >= 15 is 0 Å². The lowest BCUT2D eigenvalue weighted by Crippen LogP contribution is -2.01. The van der Waals surface area contributed by atoms with Crippen LogP contribution in [0.2, 0.25) is 0 Å². The summed E-state index contributed by atoms with van der Waals surface area (Å²) >= 11 is 0. The number of hydrogen-bond donors (Lipinski definition) is 0. The van der Waals surface area contributed by atoms with Gasteiger partial charge < -0.3 is 9.30 Å². The van der Waals surface area contributed by atoms with Crippen molar-refractivity contribution < 1.29 is 4.74 Å². The molecule has 2 nitrogen and oxygen atoms in total. The van der Waals surface area contributed by atoms with Crippen LogP contribution in [0.3, 0.4) is 0 Å². The maximum Gasteiger partial charge on any atom is 0.118 e. The summed E-state index contributed by atoms with van der Waals surface area (Å²) in [6.07, 6.45) is 0. The number of aromatic nitrogens is 1. The molecule has 0 atom stereocenters. The highest BCUT2D eigenvalue weighted by atomic mass is 16.5. The van der Waals surface area contributed by atoms with Gasteiger partial charge in [0.25, 0.3) is 0 Å². The Morgan fingerprint density at radius 3 is 2.25 bits per heavy atom. The number of ether oxygens (including phenoxy) is 1. The molecule has 118 valence electrons. The zero-order valence-electron chi connectivity index (χ0n) is 13.6. The quantitative estimate of drug-likeness (QED) is 0.494. The summed E-state index contributed by atoms with van der Waals surface area (Å²) in [7, 11) is 1.70. The Morgan fingerprint density at radius 2 is 1.50 bits per heavy atom. The van der Waals surface area contributed by atoms with Crippen molar-refractivity contribution in [2.45, 2.75) is 6.54 Å². The van der Waals surface area contributed by atoms with Gasteiger partial charge in [-0.25, -0.2) is 0 Å². The maximum atomic E-state index is 5.26. The Hall–Kier alpha value is -3.00. The Morgan fingerprint density at radius 1 is 0.792 bits per heavy atom. The number of fused-ring (bicyclic) bond motifs is 1. The highest BCUT2D eigenvalue weighted by Crippen LogP contribution is 2.29. The third-order valence-corrected chi connectivity index (χ3v) is 4.38. The van der Waals surface area contributed by atoms with Crippen molar-refractivity contribution in [2.75, 3.05) is 7.11 Å². The van der Waals surface area contributed by atoms with Gasteiger partial charge >= 0.3 is 0 Å². The first-order valence-electron chi connectivity index (χ1n) is 8.12. The minimum Gasteiger partial charge on any atom is -0.497 e. The first-order chi connectivity index (χ1) is 11.8. The molecule has 0 amide bonds. The van der Waals surface area contributed by atoms with Crippen LogP contribution >= 0.6 is 0 Å². The van der Waals surface area contributed by atoms with Crippen molar-refractivity contribution in [1.29, 1.82) is 0 Å². The number of rotatable bonds is 4. The lowest BCUT2D eigenvalue weighted by molar-refractivity contribution is 0.414. The molecule has 0 unspecified atom stereocenters. The minimum absolute atomic E-state index is 0.835. The van der Waals surface area contributed by atoms with Gasteiger partial charge in [0.15, 0.2) is 0 Å². The molecular weight excluding hydrogens is 294 g/mol. The predicted molar refractivity (Wildman–Crippen MR) is 99.5 cm³/mol. The molecule has 0 saturated heterocycles. The second-order valence-corrected chi connectivity index (χ2v) is 5.89. The molecule has 0 bridgehead atoms. The average molecular weight is 313 g/mol. The standard InChI is InChI=1S/C22H19NO/c1-24-20-13-11-17(12-14-20)16-23-21-10-6-5-9-19(21)15-22(23)18-7-3-2-4-8-18/h2-15H,16H2,1H3. The summed E-state index contributed by atoms with van der Waals surface area (Å²) in [5.41, 5.74) is 5.00. The molecule has 4 rings (SSSR count). The normalized spacial score (nSPS) is 10.9. The van der Waals surface area contributed by atoms with E-state index < -0.39 is 0 Å². The van der Waals surface area contributed by atoms with E-state index in [1.165, 1.54) is 27.7 Å².